The third-order valence-corrected chi connectivity index (χ3v) is 6.38. The van der Waals surface area contributed by atoms with Crippen molar-refractivity contribution in [3.8, 4) is 5.75 Å². The number of phenols is 1. The van der Waals surface area contributed by atoms with Gasteiger partial charge in [0.25, 0.3) is 0 Å². The summed E-state index contributed by atoms with van der Waals surface area (Å²) in [5, 5.41) is 10.0. The maximum Gasteiger partial charge on any atom is 0.410 e. The first kappa shape index (κ1) is 23.8. The van der Waals surface area contributed by atoms with E-state index >= 15 is 0 Å². The number of aromatic hydroxyl groups is 1. The quantitative estimate of drug-likeness (QED) is 0.641. The normalized spacial score (nSPS) is 16.7. The second-order valence-electron chi connectivity index (χ2n) is 9.14. The highest BCUT2D eigenvalue weighted by atomic mass is 32.1. The number of aromatic amines is 1. The summed E-state index contributed by atoms with van der Waals surface area (Å²) >= 11 is 1.05. The summed E-state index contributed by atoms with van der Waals surface area (Å²) in [6, 6.07) is 3.33. The summed E-state index contributed by atoms with van der Waals surface area (Å²) in [7, 11) is 0. The maximum atomic E-state index is 13.0. The number of phenolic OH excluding ortho intramolecular Hbond substituents is 1. The van der Waals surface area contributed by atoms with E-state index in [-0.39, 0.29) is 22.4 Å². The number of aromatic nitrogens is 1. The Hall–Kier alpha value is -2.81. The molecule has 1 atom stereocenters. The molecule has 2 heterocycles. The van der Waals surface area contributed by atoms with Gasteiger partial charge >= 0.3 is 11.0 Å². The van der Waals surface area contributed by atoms with Gasteiger partial charge in [-0.05, 0) is 63.7 Å². The minimum atomic E-state index is -0.626. The second kappa shape index (κ2) is 9.77. The molecule has 2 amide bonds. The highest BCUT2D eigenvalue weighted by molar-refractivity contribution is 7.16. The van der Waals surface area contributed by atoms with Gasteiger partial charge in [-0.3, -0.25) is 9.59 Å². The van der Waals surface area contributed by atoms with Crippen LogP contribution in [-0.2, 0) is 16.0 Å². The third-order valence-electron chi connectivity index (χ3n) is 5.43. The number of thiazole rings is 1. The van der Waals surface area contributed by atoms with E-state index in [4.69, 9.17) is 4.74 Å². The van der Waals surface area contributed by atoms with Gasteiger partial charge in [-0.2, -0.15) is 0 Å². The standard InChI is InChI=1S/C23H31N3O5S/c1-5-18(28)25-11-6-7-15(13-25)14-26(22(30)31-23(2,3)4)12-10-16-8-9-17(27)19-20(16)32-21(29)24-19/h5,8-9,15,27H,1,6-7,10-14H2,2-4H3,(H,24,29). The molecule has 2 aromatic rings. The molecule has 32 heavy (non-hydrogen) atoms. The van der Waals surface area contributed by atoms with Crippen molar-refractivity contribution >= 4 is 33.6 Å². The minimum absolute atomic E-state index is 0.0280. The van der Waals surface area contributed by atoms with Gasteiger partial charge in [0.15, 0.2) is 0 Å². The molecule has 0 aliphatic carbocycles. The van der Waals surface area contributed by atoms with Crippen LogP contribution >= 0.6 is 11.3 Å². The summed E-state index contributed by atoms with van der Waals surface area (Å²) in [6.45, 7) is 11.2. The first-order chi connectivity index (χ1) is 15.1. The molecule has 2 N–H and O–H groups in total. The lowest BCUT2D eigenvalue weighted by Crippen LogP contribution is -2.46. The minimum Gasteiger partial charge on any atom is -0.506 e. The van der Waals surface area contributed by atoms with E-state index in [0.29, 0.717) is 42.8 Å². The molecular formula is C23H31N3O5S. The highest BCUT2D eigenvalue weighted by Gasteiger charge is 2.28. The van der Waals surface area contributed by atoms with Crippen LogP contribution < -0.4 is 4.87 Å². The van der Waals surface area contributed by atoms with E-state index in [9.17, 15) is 19.5 Å². The van der Waals surface area contributed by atoms with Crippen LogP contribution in [0.25, 0.3) is 10.2 Å². The molecular weight excluding hydrogens is 430 g/mol. The molecule has 1 aromatic carbocycles. The summed E-state index contributed by atoms with van der Waals surface area (Å²) < 4.78 is 6.33. The van der Waals surface area contributed by atoms with Gasteiger partial charge in [-0.25, -0.2) is 4.79 Å². The number of likely N-dealkylation sites (tertiary alicyclic amines) is 1. The number of carbonyl (C=O) groups excluding carboxylic acids is 2. The number of fused-ring (bicyclic) bond motifs is 1. The van der Waals surface area contributed by atoms with E-state index in [1.54, 1.807) is 21.9 Å². The lowest BCUT2D eigenvalue weighted by Gasteiger charge is -2.36. The van der Waals surface area contributed by atoms with Gasteiger partial charge < -0.3 is 24.6 Å². The zero-order valence-electron chi connectivity index (χ0n) is 18.8. The predicted octanol–water partition coefficient (Wildman–Crippen LogP) is 3.50. The van der Waals surface area contributed by atoms with Crippen molar-refractivity contribution in [3.63, 3.8) is 0 Å². The van der Waals surface area contributed by atoms with E-state index in [0.717, 1.165) is 29.7 Å². The van der Waals surface area contributed by atoms with E-state index in [1.807, 2.05) is 20.8 Å². The van der Waals surface area contributed by atoms with Crippen LogP contribution in [0, 0.1) is 5.92 Å². The van der Waals surface area contributed by atoms with Crippen LogP contribution in [0.1, 0.15) is 39.2 Å². The SMILES string of the molecule is C=CC(=O)N1CCCC(CN(CCc2ccc(O)c3[nH]c(=O)sc23)C(=O)OC(C)(C)C)C1. The van der Waals surface area contributed by atoms with Crippen molar-refractivity contribution in [1.82, 2.24) is 14.8 Å². The van der Waals surface area contributed by atoms with Crippen molar-refractivity contribution in [1.29, 1.82) is 0 Å². The largest absolute Gasteiger partial charge is 0.506 e. The lowest BCUT2D eigenvalue weighted by atomic mass is 9.97. The number of benzene rings is 1. The molecule has 8 nitrogen and oxygen atoms in total. The number of H-pyrrole nitrogens is 1. The lowest BCUT2D eigenvalue weighted by molar-refractivity contribution is -0.127. The molecule has 174 valence electrons. The number of rotatable bonds is 6. The van der Waals surface area contributed by atoms with Crippen LogP contribution in [0.2, 0.25) is 0 Å². The van der Waals surface area contributed by atoms with Crippen LogP contribution in [0.4, 0.5) is 4.79 Å². The molecule has 0 radical (unpaired) electrons. The molecule has 0 spiro atoms. The van der Waals surface area contributed by atoms with Gasteiger partial charge in [-0.1, -0.05) is 24.0 Å². The number of hydrogen-bond donors (Lipinski definition) is 2. The first-order valence-corrected chi connectivity index (χ1v) is 11.6. The van der Waals surface area contributed by atoms with Gasteiger partial charge in [0.05, 0.1) is 4.70 Å². The average molecular weight is 462 g/mol. The molecule has 1 aliphatic rings. The Morgan fingerprint density at radius 1 is 1.41 bits per heavy atom. The number of ether oxygens (including phenoxy) is 1. The number of nitrogens with zero attached hydrogens (tertiary/aromatic N) is 2. The number of piperidine rings is 1. The fourth-order valence-corrected chi connectivity index (χ4v) is 4.86. The Bertz CT molecular complexity index is 1050. The first-order valence-electron chi connectivity index (χ1n) is 10.8. The third kappa shape index (κ3) is 5.91. The van der Waals surface area contributed by atoms with E-state index < -0.39 is 11.7 Å². The molecule has 3 rings (SSSR count). The number of hydrogen-bond acceptors (Lipinski definition) is 6. The Morgan fingerprint density at radius 2 is 2.16 bits per heavy atom. The van der Waals surface area contributed by atoms with E-state index in [1.165, 1.54) is 6.08 Å². The molecule has 1 fully saturated rings. The monoisotopic (exact) mass is 461 g/mol. The molecule has 1 aromatic heterocycles. The Morgan fingerprint density at radius 3 is 2.84 bits per heavy atom. The molecule has 9 heteroatoms. The van der Waals surface area contributed by atoms with Crippen LogP contribution in [0.5, 0.6) is 5.75 Å². The number of carbonyl (C=O) groups is 2. The van der Waals surface area contributed by atoms with E-state index in [2.05, 4.69) is 11.6 Å². The maximum absolute atomic E-state index is 13.0. The Balaban J connectivity index is 1.77. The second-order valence-corrected chi connectivity index (χ2v) is 10.1. The van der Waals surface area contributed by atoms with Gasteiger partial charge in [0, 0.05) is 26.2 Å². The van der Waals surface area contributed by atoms with Crippen molar-refractivity contribution < 1.29 is 19.4 Å². The molecule has 1 saturated heterocycles. The summed E-state index contributed by atoms with van der Waals surface area (Å²) in [5.41, 5.74) is 0.674. The smallest absolute Gasteiger partial charge is 0.410 e. The zero-order chi connectivity index (χ0) is 23.5. The molecule has 1 unspecified atom stereocenters. The molecule has 0 bridgehead atoms. The average Bonchev–Trinajstić information content (AvgIpc) is 3.13. The summed E-state index contributed by atoms with van der Waals surface area (Å²) in [6.07, 6.45) is 3.23. The fourth-order valence-electron chi connectivity index (χ4n) is 3.96. The number of amides is 2. The fraction of sp³-hybridized carbons (Fsp3) is 0.522. The Kier molecular flexibility index (Phi) is 7.28. The predicted molar refractivity (Wildman–Crippen MR) is 125 cm³/mol. The Labute approximate surface area is 191 Å². The molecule has 0 saturated carbocycles. The summed E-state index contributed by atoms with van der Waals surface area (Å²) in [5.74, 6) is 0.0796. The van der Waals surface area contributed by atoms with Crippen LogP contribution in [0.15, 0.2) is 29.6 Å². The number of nitrogens with one attached hydrogen (secondary N) is 1. The van der Waals surface area contributed by atoms with Gasteiger partial charge in [0.2, 0.25) is 5.91 Å². The van der Waals surface area contributed by atoms with Crippen molar-refractivity contribution in [2.45, 2.75) is 45.6 Å². The van der Waals surface area contributed by atoms with Crippen molar-refractivity contribution in [2.24, 2.45) is 5.92 Å². The van der Waals surface area contributed by atoms with Crippen LogP contribution in [-0.4, -0.2) is 63.7 Å². The van der Waals surface area contributed by atoms with Crippen molar-refractivity contribution in [3.05, 3.63) is 40.0 Å². The molecule has 1 aliphatic heterocycles. The topological polar surface area (TPSA) is 103 Å². The summed E-state index contributed by atoms with van der Waals surface area (Å²) in [4.78, 5) is 42.7. The van der Waals surface area contributed by atoms with Crippen molar-refractivity contribution in [2.75, 3.05) is 26.2 Å². The zero-order valence-corrected chi connectivity index (χ0v) is 19.7. The van der Waals surface area contributed by atoms with Gasteiger partial charge in [0.1, 0.15) is 16.9 Å². The van der Waals surface area contributed by atoms with Crippen LogP contribution in [0.3, 0.4) is 0 Å². The van der Waals surface area contributed by atoms with Gasteiger partial charge in [-0.15, -0.1) is 0 Å². The highest BCUT2D eigenvalue weighted by Crippen LogP contribution is 2.28.